The van der Waals surface area contributed by atoms with Crippen LogP contribution in [0, 0.1) is 16.7 Å². The molecule has 1 aliphatic carbocycles. The van der Waals surface area contributed by atoms with E-state index in [1.54, 1.807) is 24.1 Å². The summed E-state index contributed by atoms with van der Waals surface area (Å²) in [5.41, 5.74) is 12.1. The summed E-state index contributed by atoms with van der Waals surface area (Å²) in [4.78, 5) is 41.7. The molecule has 2 fully saturated rings. The highest BCUT2D eigenvalue weighted by Gasteiger charge is 2.44. The molecule has 0 aromatic carbocycles. The van der Waals surface area contributed by atoms with Gasteiger partial charge in [-0.15, -0.1) is 0 Å². The monoisotopic (exact) mass is 492 g/mol. The van der Waals surface area contributed by atoms with Crippen molar-refractivity contribution < 1.29 is 14.3 Å². The Bertz CT molecular complexity index is 1200. The van der Waals surface area contributed by atoms with Crippen LogP contribution < -0.4 is 21.1 Å². The number of anilines is 2. The van der Waals surface area contributed by atoms with Gasteiger partial charge in [0.2, 0.25) is 0 Å². The molecular weight excluding hydrogens is 460 g/mol. The molecule has 0 bridgehead atoms. The number of ether oxygens (including phenoxy) is 1. The van der Waals surface area contributed by atoms with E-state index in [4.69, 9.17) is 16.2 Å². The van der Waals surface area contributed by atoms with Crippen molar-refractivity contribution in [1.29, 1.82) is 5.26 Å². The van der Waals surface area contributed by atoms with Crippen LogP contribution in [-0.4, -0.2) is 64.5 Å². The molecule has 36 heavy (non-hydrogen) atoms. The molecule has 190 valence electrons. The lowest BCUT2D eigenvalue weighted by Gasteiger charge is -2.33. The normalized spacial score (nSPS) is 16.9. The number of rotatable bonds is 8. The Morgan fingerprint density at radius 1 is 1.25 bits per heavy atom. The van der Waals surface area contributed by atoms with Gasteiger partial charge >= 0.3 is 6.01 Å². The van der Waals surface area contributed by atoms with Crippen molar-refractivity contribution >= 4 is 23.3 Å². The van der Waals surface area contributed by atoms with Crippen LogP contribution in [0.1, 0.15) is 72.1 Å². The number of carbonyl (C=O) groups is 2. The van der Waals surface area contributed by atoms with Crippen LogP contribution in [0.15, 0.2) is 18.2 Å². The van der Waals surface area contributed by atoms with Crippen molar-refractivity contribution in [2.45, 2.75) is 51.5 Å². The first-order chi connectivity index (χ1) is 17.1. The van der Waals surface area contributed by atoms with E-state index >= 15 is 0 Å². The van der Waals surface area contributed by atoms with Crippen molar-refractivity contribution in [3.05, 3.63) is 35.3 Å². The smallest absolute Gasteiger partial charge is 0.319 e. The molecule has 1 aliphatic heterocycles. The molecule has 2 aromatic rings. The van der Waals surface area contributed by atoms with Gasteiger partial charge < -0.3 is 26.0 Å². The largest absolute Gasteiger partial charge is 0.462 e. The standard InChI is InChI=1S/C25H32N8O3/c1-15(2)32(3)23(35)19-12-20(31-24(30-19)36-14-25(13-26)8-9-25)33-10-6-16(7-11-33)18-5-4-17(27)21(29-18)22(28)34/h4-5,12,15-16H,6-11,14,27H2,1-3H3,(H2,28,34). The minimum Gasteiger partial charge on any atom is -0.462 e. The van der Waals surface area contributed by atoms with Crippen molar-refractivity contribution in [1.82, 2.24) is 19.9 Å². The maximum atomic E-state index is 13.0. The van der Waals surface area contributed by atoms with Crippen LogP contribution in [0.4, 0.5) is 11.5 Å². The average Bonchev–Trinajstić information content (AvgIpc) is 3.67. The van der Waals surface area contributed by atoms with Gasteiger partial charge in [0, 0.05) is 43.9 Å². The third kappa shape index (κ3) is 5.32. The van der Waals surface area contributed by atoms with Gasteiger partial charge in [-0.05, 0) is 51.7 Å². The van der Waals surface area contributed by atoms with Gasteiger partial charge in [-0.1, -0.05) is 0 Å². The number of nitrogens with two attached hydrogens (primary N) is 2. The maximum Gasteiger partial charge on any atom is 0.319 e. The molecule has 2 aromatic heterocycles. The summed E-state index contributed by atoms with van der Waals surface area (Å²) in [6, 6.07) is 7.59. The summed E-state index contributed by atoms with van der Waals surface area (Å²) in [6.07, 6.45) is 3.11. The van der Waals surface area contributed by atoms with Gasteiger partial charge in [0.05, 0.1) is 17.2 Å². The lowest BCUT2D eigenvalue weighted by atomic mass is 9.92. The van der Waals surface area contributed by atoms with Gasteiger partial charge in [0.1, 0.15) is 18.1 Å². The zero-order valence-electron chi connectivity index (χ0n) is 20.9. The van der Waals surface area contributed by atoms with Crippen molar-refractivity contribution in [2.75, 3.05) is 37.4 Å². The summed E-state index contributed by atoms with van der Waals surface area (Å²) in [6.45, 7) is 5.39. The number of hydrogen-bond acceptors (Lipinski definition) is 9. The summed E-state index contributed by atoms with van der Waals surface area (Å²) < 4.78 is 5.82. The van der Waals surface area contributed by atoms with Crippen LogP contribution in [0.25, 0.3) is 0 Å². The van der Waals surface area contributed by atoms with Gasteiger partial charge in [0.25, 0.3) is 11.8 Å². The molecule has 1 saturated heterocycles. The van der Waals surface area contributed by atoms with Gasteiger partial charge in [-0.25, -0.2) is 4.98 Å². The number of nitriles is 1. The summed E-state index contributed by atoms with van der Waals surface area (Å²) in [5.74, 6) is -0.131. The second kappa shape index (κ2) is 9.97. The number of aromatic nitrogens is 3. The maximum absolute atomic E-state index is 13.0. The van der Waals surface area contributed by atoms with Crippen molar-refractivity contribution in [2.24, 2.45) is 11.1 Å². The number of nitrogen functional groups attached to an aromatic ring is 1. The van der Waals surface area contributed by atoms with Crippen LogP contribution in [0.2, 0.25) is 0 Å². The SMILES string of the molecule is CC(C)N(C)C(=O)c1cc(N2CCC(c3ccc(N)c(C(N)=O)n3)CC2)nc(OCC2(C#N)CC2)n1. The van der Waals surface area contributed by atoms with E-state index in [9.17, 15) is 14.9 Å². The minimum absolute atomic E-state index is 0.00190. The fourth-order valence-corrected chi connectivity index (χ4v) is 4.12. The highest BCUT2D eigenvalue weighted by Crippen LogP contribution is 2.45. The Morgan fingerprint density at radius 3 is 2.53 bits per heavy atom. The highest BCUT2D eigenvalue weighted by molar-refractivity contribution is 5.95. The van der Waals surface area contributed by atoms with Crippen LogP contribution in [0.5, 0.6) is 6.01 Å². The van der Waals surface area contributed by atoms with E-state index in [1.807, 2.05) is 19.9 Å². The molecule has 0 radical (unpaired) electrons. The molecule has 2 amide bonds. The van der Waals surface area contributed by atoms with E-state index in [0.29, 0.717) is 18.9 Å². The first-order valence-electron chi connectivity index (χ1n) is 12.1. The molecule has 0 unspecified atom stereocenters. The highest BCUT2D eigenvalue weighted by atomic mass is 16.5. The van der Waals surface area contributed by atoms with Gasteiger partial charge in [-0.3, -0.25) is 9.59 Å². The van der Waals surface area contributed by atoms with Gasteiger partial charge in [0.15, 0.2) is 5.69 Å². The van der Waals surface area contributed by atoms with E-state index in [0.717, 1.165) is 31.4 Å². The van der Waals surface area contributed by atoms with Crippen molar-refractivity contribution in [3.63, 3.8) is 0 Å². The molecular formula is C25H32N8O3. The number of piperidine rings is 1. The summed E-state index contributed by atoms with van der Waals surface area (Å²) in [5, 5.41) is 9.37. The fourth-order valence-electron chi connectivity index (χ4n) is 4.12. The predicted molar refractivity (Wildman–Crippen MR) is 133 cm³/mol. The molecule has 2 aliphatic rings. The molecule has 11 heteroatoms. The van der Waals surface area contributed by atoms with Crippen LogP contribution in [0.3, 0.4) is 0 Å². The summed E-state index contributed by atoms with van der Waals surface area (Å²) >= 11 is 0. The zero-order chi connectivity index (χ0) is 26.0. The number of hydrogen-bond donors (Lipinski definition) is 2. The van der Waals surface area contributed by atoms with E-state index in [-0.39, 0.29) is 47.6 Å². The first-order valence-corrected chi connectivity index (χ1v) is 12.1. The molecule has 11 nitrogen and oxygen atoms in total. The number of primary amides is 1. The predicted octanol–water partition coefficient (Wildman–Crippen LogP) is 2.10. The van der Waals surface area contributed by atoms with Crippen LogP contribution >= 0.6 is 0 Å². The Labute approximate surface area is 210 Å². The molecule has 0 spiro atoms. The lowest BCUT2D eigenvalue weighted by molar-refractivity contribution is 0.0747. The second-order valence-corrected chi connectivity index (χ2v) is 9.88. The summed E-state index contributed by atoms with van der Waals surface area (Å²) in [7, 11) is 1.73. The third-order valence-corrected chi connectivity index (χ3v) is 6.99. The molecule has 1 saturated carbocycles. The van der Waals surface area contributed by atoms with Crippen LogP contribution in [-0.2, 0) is 0 Å². The topological polar surface area (TPSA) is 164 Å². The minimum atomic E-state index is -0.645. The molecule has 0 atom stereocenters. The first kappa shape index (κ1) is 25.2. The Balaban J connectivity index is 1.53. The Hall–Kier alpha value is -3.94. The molecule has 4 rings (SSSR count). The quantitative estimate of drug-likeness (QED) is 0.561. The molecule has 3 heterocycles. The van der Waals surface area contributed by atoms with E-state index in [1.165, 1.54) is 0 Å². The van der Waals surface area contributed by atoms with Gasteiger partial charge in [-0.2, -0.15) is 15.2 Å². The second-order valence-electron chi connectivity index (χ2n) is 9.88. The number of pyridine rings is 1. The molecule has 4 N–H and O–H groups in total. The zero-order valence-corrected chi connectivity index (χ0v) is 20.9. The van der Waals surface area contributed by atoms with Crippen molar-refractivity contribution in [3.8, 4) is 12.1 Å². The number of carbonyl (C=O) groups excluding carboxylic acids is 2. The number of nitrogens with zero attached hydrogens (tertiary/aromatic N) is 6. The Morgan fingerprint density at radius 2 is 1.94 bits per heavy atom. The number of amides is 2. The van der Waals surface area contributed by atoms with E-state index < -0.39 is 11.3 Å². The average molecular weight is 493 g/mol. The fraction of sp³-hybridized carbons (Fsp3) is 0.520. The third-order valence-electron chi connectivity index (χ3n) is 6.99. The lowest BCUT2D eigenvalue weighted by Crippen LogP contribution is -2.36. The van der Waals surface area contributed by atoms with E-state index in [2.05, 4.69) is 25.9 Å². The Kier molecular flexibility index (Phi) is 6.97.